The number of methoxy groups -OCH3 is 1. The molecule has 1 amide bonds. The molecule has 0 aromatic heterocycles. The van der Waals surface area contributed by atoms with Crippen LogP contribution in [0, 0.1) is 5.92 Å². The molecule has 0 bridgehead atoms. The van der Waals surface area contributed by atoms with E-state index in [1.54, 1.807) is 49.0 Å². The van der Waals surface area contributed by atoms with E-state index in [1.165, 1.54) is 0 Å². The third kappa shape index (κ3) is 5.25. The minimum Gasteiger partial charge on any atom is -0.495 e. The number of anilines is 1. The van der Waals surface area contributed by atoms with Crippen molar-refractivity contribution < 1.29 is 9.53 Å². The molecule has 3 nitrogen and oxygen atoms in total. The number of ether oxygens (including phenoxy) is 1. The van der Waals surface area contributed by atoms with Gasteiger partial charge in [0.05, 0.1) is 18.6 Å². The third-order valence-corrected chi connectivity index (χ3v) is 4.15. The number of nitrogens with zero attached hydrogens (tertiary/aromatic N) is 1. The maximum atomic E-state index is 12.2. The van der Waals surface area contributed by atoms with Crippen LogP contribution in [0.15, 0.2) is 18.2 Å². The number of hydrogen-bond donors (Lipinski definition) is 0. The van der Waals surface area contributed by atoms with Gasteiger partial charge in [-0.25, -0.2) is 0 Å². The molecule has 1 aromatic rings. The van der Waals surface area contributed by atoms with Crippen molar-refractivity contribution in [2.45, 2.75) is 20.3 Å². The highest BCUT2D eigenvalue weighted by atomic mass is 35.5. The Morgan fingerprint density at radius 1 is 1.45 bits per heavy atom. The summed E-state index contributed by atoms with van der Waals surface area (Å²) in [5.41, 5.74) is 0.703. The van der Waals surface area contributed by atoms with E-state index in [-0.39, 0.29) is 5.91 Å². The van der Waals surface area contributed by atoms with Gasteiger partial charge in [-0.3, -0.25) is 4.79 Å². The second-order valence-corrected chi connectivity index (χ2v) is 6.55. The van der Waals surface area contributed by atoms with E-state index >= 15 is 0 Å². The zero-order chi connectivity index (χ0) is 15.1. The number of thioether (sulfide) groups is 1. The molecular weight excluding hydrogens is 294 g/mol. The highest BCUT2D eigenvalue weighted by molar-refractivity contribution is 7.99. The lowest BCUT2D eigenvalue weighted by atomic mass is 10.2. The van der Waals surface area contributed by atoms with Crippen LogP contribution in [0.4, 0.5) is 5.69 Å². The van der Waals surface area contributed by atoms with Crippen molar-refractivity contribution in [3.05, 3.63) is 23.2 Å². The largest absolute Gasteiger partial charge is 0.495 e. The Bertz CT molecular complexity index is 451. The first kappa shape index (κ1) is 17.2. The van der Waals surface area contributed by atoms with Gasteiger partial charge in [-0.15, -0.1) is 0 Å². The topological polar surface area (TPSA) is 29.5 Å². The summed E-state index contributed by atoms with van der Waals surface area (Å²) in [7, 11) is 3.34. The van der Waals surface area contributed by atoms with E-state index in [2.05, 4.69) is 13.8 Å². The lowest BCUT2D eigenvalue weighted by molar-refractivity contribution is -0.115. The first-order valence-corrected chi connectivity index (χ1v) is 8.16. The average Bonchev–Trinajstić information content (AvgIpc) is 2.42. The summed E-state index contributed by atoms with van der Waals surface area (Å²) >= 11 is 7.65. The molecule has 0 aliphatic heterocycles. The monoisotopic (exact) mass is 315 g/mol. The molecule has 1 aromatic carbocycles. The van der Waals surface area contributed by atoms with Crippen LogP contribution < -0.4 is 9.64 Å². The van der Waals surface area contributed by atoms with Gasteiger partial charge in [0.25, 0.3) is 0 Å². The van der Waals surface area contributed by atoms with Crippen molar-refractivity contribution in [1.29, 1.82) is 0 Å². The number of hydrogen-bond acceptors (Lipinski definition) is 3. The van der Waals surface area contributed by atoms with Gasteiger partial charge in [0.2, 0.25) is 5.91 Å². The first-order valence-electron chi connectivity index (χ1n) is 6.63. The molecule has 20 heavy (non-hydrogen) atoms. The number of rotatable bonds is 7. The lowest BCUT2D eigenvalue weighted by Gasteiger charge is -2.20. The molecule has 1 rings (SSSR count). The zero-order valence-corrected chi connectivity index (χ0v) is 14.1. The molecule has 112 valence electrons. The molecular formula is C15H22ClNO2S. The number of carbonyl (C=O) groups excluding carboxylic acids is 1. The smallest absolute Gasteiger partial charge is 0.236 e. The van der Waals surface area contributed by atoms with Crippen molar-refractivity contribution in [3.8, 4) is 5.75 Å². The summed E-state index contributed by atoms with van der Waals surface area (Å²) in [6.45, 7) is 4.37. The molecule has 0 atom stereocenters. The molecule has 0 saturated heterocycles. The summed E-state index contributed by atoms with van der Waals surface area (Å²) in [6.07, 6.45) is 1.13. The highest BCUT2D eigenvalue weighted by Crippen LogP contribution is 2.30. The molecule has 0 saturated carbocycles. The van der Waals surface area contributed by atoms with Crippen LogP contribution in [-0.4, -0.2) is 31.6 Å². The molecule has 0 spiro atoms. The molecule has 5 heteroatoms. The Morgan fingerprint density at radius 3 is 2.75 bits per heavy atom. The normalized spacial score (nSPS) is 10.7. The molecule has 0 fully saturated rings. The van der Waals surface area contributed by atoms with E-state index in [1.807, 2.05) is 0 Å². The highest BCUT2D eigenvalue weighted by Gasteiger charge is 2.15. The summed E-state index contributed by atoms with van der Waals surface area (Å²) < 4.78 is 5.27. The predicted octanol–water partition coefficient (Wildman–Crippen LogP) is 4.09. The summed E-state index contributed by atoms with van der Waals surface area (Å²) in [5.74, 6) is 2.85. The fourth-order valence-electron chi connectivity index (χ4n) is 1.63. The second-order valence-electron chi connectivity index (χ2n) is 5.00. The Balaban J connectivity index is 2.62. The van der Waals surface area contributed by atoms with Gasteiger partial charge in [-0.2, -0.15) is 11.8 Å². The van der Waals surface area contributed by atoms with Gasteiger partial charge in [-0.1, -0.05) is 25.4 Å². The molecule has 0 aliphatic rings. The van der Waals surface area contributed by atoms with Crippen molar-refractivity contribution >= 4 is 35.0 Å². The van der Waals surface area contributed by atoms with Gasteiger partial charge in [-0.05, 0) is 36.3 Å². The summed E-state index contributed by atoms with van der Waals surface area (Å²) in [5, 5.41) is 0.591. The predicted molar refractivity (Wildman–Crippen MR) is 88.2 cm³/mol. The van der Waals surface area contributed by atoms with Gasteiger partial charge < -0.3 is 9.64 Å². The van der Waals surface area contributed by atoms with Crippen LogP contribution in [0.1, 0.15) is 20.3 Å². The fraction of sp³-hybridized carbons (Fsp3) is 0.533. The van der Waals surface area contributed by atoms with E-state index in [0.29, 0.717) is 28.1 Å². The zero-order valence-electron chi connectivity index (χ0n) is 12.5. The van der Waals surface area contributed by atoms with E-state index in [4.69, 9.17) is 16.3 Å². The van der Waals surface area contributed by atoms with Crippen LogP contribution in [0.2, 0.25) is 5.02 Å². The number of halogens is 1. The van der Waals surface area contributed by atoms with Crippen molar-refractivity contribution in [1.82, 2.24) is 0 Å². The minimum atomic E-state index is 0.0549. The average molecular weight is 316 g/mol. The lowest BCUT2D eigenvalue weighted by Crippen LogP contribution is -2.28. The summed E-state index contributed by atoms with van der Waals surface area (Å²) in [6, 6.07) is 5.27. The van der Waals surface area contributed by atoms with Crippen LogP contribution in [-0.2, 0) is 4.79 Å². The van der Waals surface area contributed by atoms with Gasteiger partial charge in [0.15, 0.2) is 0 Å². The van der Waals surface area contributed by atoms with E-state index in [9.17, 15) is 4.79 Å². The molecule has 0 radical (unpaired) electrons. The van der Waals surface area contributed by atoms with Crippen molar-refractivity contribution in [2.24, 2.45) is 5.92 Å². The molecule has 0 aliphatic carbocycles. The first-order chi connectivity index (χ1) is 9.45. The SMILES string of the molecule is COc1ccc(Cl)cc1N(C)C(=O)CSCCC(C)C. The van der Waals surface area contributed by atoms with E-state index < -0.39 is 0 Å². The number of benzene rings is 1. The Labute approximate surface area is 130 Å². The Kier molecular flexibility index (Phi) is 7.24. The van der Waals surface area contributed by atoms with Crippen LogP contribution in [0.3, 0.4) is 0 Å². The summed E-state index contributed by atoms with van der Waals surface area (Å²) in [4.78, 5) is 13.8. The van der Waals surface area contributed by atoms with E-state index in [0.717, 1.165) is 12.2 Å². The van der Waals surface area contributed by atoms with Gasteiger partial charge in [0.1, 0.15) is 5.75 Å². The molecule has 0 heterocycles. The number of amides is 1. The maximum absolute atomic E-state index is 12.2. The molecule has 0 N–H and O–H groups in total. The number of carbonyl (C=O) groups is 1. The fourth-order valence-corrected chi connectivity index (χ4v) is 2.95. The van der Waals surface area contributed by atoms with Crippen molar-refractivity contribution in [3.63, 3.8) is 0 Å². The molecule has 0 unspecified atom stereocenters. The quantitative estimate of drug-likeness (QED) is 0.710. The Hall–Kier alpha value is -0.870. The third-order valence-electron chi connectivity index (χ3n) is 2.94. The van der Waals surface area contributed by atoms with Crippen molar-refractivity contribution in [2.75, 3.05) is 30.6 Å². The van der Waals surface area contributed by atoms with Crippen LogP contribution in [0.25, 0.3) is 0 Å². The Morgan fingerprint density at radius 2 is 2.15 bits per heavy atom. The van der Waals surface area contributed by atoms with Crippen LogP contribution in [0.5, 0.6) is 5.75 Å². The van der Waals surface area contributed by atoms with Gasteiger partial charge in [0, 0.05) is 12.1 Å². The standard InChI is InChI=1S/C15H22ClNO2S/c1-11(2)7-8-20-10-15(18)17(3)13-9-12(16)5-6-14(13)19-4/h5-6,9,11H,7-8,10H2,1-4H3. The van der Waals surface area contributed by atoms with Crippen LogP contribution >= 0.6 is 23.4 Å². The minimum absolute atomic E-state index is 0.0549. The van der Waals surface area contributed by atoms with Gasteiger partial charge >= 0.3 is 0 Å². The second kappa shape index (κ2) is 8.42. The maximum Gasteiger partial charge on any atom is 0.236 e.